The Morgan fingerprint density at radius 2 is 1.91 bits per heavy atom. The largest absolute Gasteiger partial charge is 0.481 e. The van der Waals surface area contributed by atoms with E-state index in [-0.39, 0.29) is 12.8 Å². The quantitative estimate of drug-likeness (QED) is 0.361. The van der Waals surface area contributed by atoms with Crippen LogP contribution in [-0.4, -0.2) is 79.3 Å². The first-order chi connectivity index (χ1) is 16.3. The van der Waals surface area contributed by atoms with Crippen molar-refractivity contribution in [3.05, 3.63) is 41.3 Å². The zero-order valence-electron chi connectivity index (χ0n) is 18.7. The molecule has 0 unspecified atom stereocenters. The lowest BCUT2D eigenvalue weighted by Gasteiger charge is -2.37. The number of nitrogens with zero attached hydrogens (tertiary/aromatic N) is 4. The van der Waals surface area contributed by atoms with Gasteiger partial charge >= 0.3 is 11.9 Å². The minimum absolute atomic E-state index is 0.140. The molecule has 1 aromatic carbocycles. The van der Waals surface area contributed by atoms with E-state index in [1.54, 1.807) is 24.4 Å². The van der Waals surface area contributed by atoms with Crippen molar-refractivity contribution in [2.24, 2.45) is 0 Å². The number of H-pyrrole nitrogens is 1. The Kier molecular flexibility index (Phi) is 6.89. The second-order valence-corrected chi connectivity index (χ2v) is 8.30. The van der Waals surface area contributed by atoms with Crippen LogP contribution in [0, 0.1) is 6.92 Å². The van der Waals surface area contributed by atoms with Gasteiger partial charge in [-0.25, -0.2) is 4.63 Å². The van der Waals surface area contributed by atoms with Crippen LogP contribution in [0.5, 0.6) is 0 Å². The number of fused-ring (bicyclic) bond motifs is 1. The number of nitrogens with one attached hydrogen (secondary N) is 2. The molecule has 1 fully saturated rings. The third-order valence-electron chi connectivity index (χ3n) is 5.98. The Bertz CT molecular complexity index is 1200. The highest BCUT2D eigenvalue weighted by Crippen LogP contribution is 2.31. The molecule has 0 aliphatic carbocycles. The van der Waals surface area contributed by atoms with E-state index in [2.05, 4.69) is 25.5 Å². The summed E-state index contributed by atoms with van der Waals surface area (Å²) in [6.45, 7) is 4.88. The summed E-state index contributed by atoms with van der Waals surface area (Å²) in [5.74, 6) is -2.42. The number of aliphatic carboxylic acids is 2. The summed E-state index contributed by atoms with van der Waals surface area (Å²) in [4.78, 5) is 42.2. The van der Waals surface area contributed by atoms with Gasteiger partial charge in [0.25, 0.3) is 0 Å². The molecular formula is C22H26N6O6. The smallest absolute Gasteiger partial charge is 0.325 e. The number of carbonyl (C=O) groups is 3. The summed E-state index contributed by atoms with van der Waals surface area (Å²) in [6.07, 6.45) is 1.29. The van der Waals surface area contributed by atoms with E-state index in [0.29, 0.717) is 49.4 Å². The topological polar surface area (TPSA) is 165 Å². The Labute approximate surface area is 194 Å². The summed E-state index contributed by atoms with van der Waals surface area (Å²) in [5, 5.41) is 29.9. The van der Waals surface area contributed by atoms with Crippen LogP contribution < -0.4 is 5.32 Å². The average molecular weight is 470 g/mol. The van der Waals surface area contributed by atoms with Crippen LogP contribution >= 0.6 is 0 Å². The molecule has 4 N–H and O–H groups in total. The molecule has 0 bridgehead atoms. The Morgan fingerprint density at radius 1 is 1.15 bits per heavy atom. The maximum atomic E-state index is 12.3. The maximum Gasteiger partial charge on any atom is 0.325 e. The molecule has 1 atom stereocenters. The van der Waals surface area contributed by atoms with Gasteiger partial charge in [-0.05, 0) is 25.1 Å². The number of hydrogen-bond donors (Lipinski definition) is 4. The summed E-state index contributed by atoms with van der Waals surface area (Å²) in [6, 6.07) is 4.31. The fourth-order valence-corrected chi connectivity index (χ4v) is 4.16. The minimum atomic E-state index is -1.05. The molecule has 12 heteroatoms. The molecule has 2 aromatic heterocycles. The van der Waals surface area contributed by atoms with Crippen molar-refractivity contribution >= 4 is 34.4 Å². The van der Waals surface area contributed by atoms with Crippen molar-refractivity contribution in [3.8, 4) is 0 Å². The van der Waals surface area contributed by atoms with Gasteiger partial charge in [0.1, 0.15) is 17.4 Å². The van der Waals surface area contributed by atoms with E-state index >= 15 is 0 Å². The lowest BCUT2D eigenvalue weighted by atomic mass is 10.0. The van der Waals surface area contributed by atoms with E-state index in [1.165, 1.54) is 0 Å². The third kappa shape index (κ3) is 5.24. The van der Waals surface area contributed by atoms with Gasteiger partial charge in [0, 0.05) is 67.5 Å². The average Bonchev–Trinajstić information content (AvgIpc) is 3.39. The lowest BCUT2D eigenvalue weighted by Crippen LogP contribution is -2.48. The van der Waals surface area contributed by atoms with E-state index in [1.807, 2.05) is 11.8 Å². The van der Waals surface area contributed by atoms with Gasteiger partial charge in [-0.1, -0.05) is 10.3 Å². The highest BCUT2D eigenvalue weighted by molar-refractivity contribution is 5.96. The van der Waals surface area contributed by atoms with Gasteiger partial charge in [0.2, 0.25) is 5.91 Å². The van der Waals surface area contributed by atoms with Crippen molar-refractivity contribution < 1.29 is 29.2 Å². The molecule has 3 aromatic rings. The number of benzene rings is 1. The summed E-state index contributed by atoms with van der Waals surface area (Å²) in [5.41, 5.74) is 3.36. The molecule has 1 aliphatic rings. The monoisotopic (exact) mass is 470 g/mol. The van der Waals surface area contributed by atoms with E-state index < -0.39 is 23.9 Å². The summed E-state index contributed by atoms with van der Waals surface area (Å²) in [7, 11) is 0. The number of hydrogen-bond acceptors (Lipinski definition) is 8. The maximum absolute atomic E-state index is 12.3. The fraction of sp³-hybridized carbons (Fsp3) is 0.409. The highest BCUT2D eigenvalue weighted by Gasteiger charge is 2.32. The van der Waals surface area contributed by atoms with Crippen LogP contribution in [0.2, 0.25) is 0 Å². The van der Waals surface area contributed by atoms with Gasteiger partial charge in [-0.15, -0.1) is 0 Å². The van der Waals surface area contributed by atoms with Crippen LogP contribution in [0.4, 0.5) is 5.69 Å². The number of rotatable bonds is 9. The number of piperazine rings is 1. The van der Waals surface area contributed by atoms with Gasteiger partial charge in [-0.2, -0.15) is 0 Å². The van der Waals surface area contributed by atoms with Gasteiger partial charge in [0.15, 0.2) is 0 Å². The molecule has 1 aliphatic heterocycles. The molecule has 12 nitrogen and oxygen atoms in total. The summed E-state index contributed by atoms with van der Waals surface area (Å²) < 4.78 is 4.75. The number of carboxylic acid groups (broad SMARTS) is 2. The zero-order valence-corrected chi connectivity index (χ0v) is 18.7. The van der Waals surface area contributed by atoms with E-state index in [9.17, 15) is 19.5 Å². The highest BCUT2D eigenvalue weighted by atomic mass is 16.6. The van der Waals surface area contributed by atoms with Crippen LogP contribution in [0.25, 0.3) is 10.9 Å². The second kappa shape index (κ2) is 10.0. The molecule has 0 saturated carbocycles. The van der Waals surface area contributed by atoms with Gasteiger partial charge in [-0.3, -0.25) is 24.2 Å². The molecule has 180 valence electrons. The van der Waals surface area contributed by atoms with Crippen molar-refractivity contribution in [1.82, 2.24) is 25.1 Å². The first-order valence-corrected chi connectivity index (χ1v) is 10.9. The van der Waals surface area contributed by atoms with Crippen molar-refractivity contribution in [3.63, 3.8) is 0 Å². The second-order valence-electron chi connectivity index (χ2n) is 8.30. The number of carboxylic acids is 2. The number of aryl methyl sites for hydroxylation is 1. The predicted octanol–water partition coefficient (Wildman–Crippen LogP) is 1.61. The molecule has 4 rings (SSSR count). The molecule has 0 spiro atoms. The fourth-order valence-electron chi connectivity index (χ4n) is 4.16. The van der Waals surface area contributed by atoms with E-state index in [4.69, 9.17) is 9.74 Å². The summed E-state index contributed by atoms with van der Waals surface area (Å²) >= 11 is 0. The van der Waals surface area contributed by atoms with E-state index in [0.717, 1.165) is 16.9 Å². The molecule has 1 amide bonds. The Morgan fingerprint density at radius 3 is 2.56 bits per heavy atom. The third-order valence-corrected chi connectivity index (χ3v) is 5.98. The van der Waals surface area contributed by atoms with Crippen LogP contribution in [0.15, 0.2) is 29.0 Å². The Hall–Kier alpha value is -3.77. The first-order valence-electron chi connectivity index (χ1n) is 10.9. The zero-order chi connectivity index (χ0) is 24.2. The first kappa shape index (κ1) is 23.4. The van der Waals surface area contributed by atoms with Crippen molar-refractivity contribution in [2.45, 2.75) is 32.4 Å². The standard InChI is InChI=1S/C22H26N6O6/c1-13-18(26-34-25-13)12-27-6-8-28(9-7-27)21(22(32)33)16-11-23-17-3-2-14(10-15(16)17)24-19(29)4-5-20(30)31/h2-3,10-11,21,23H,4-9,12H2,1H3,(H,24,29)(H,30,31)(H,32,33)/t21-/m0/s1. The van der Waals surface area contributed by atoms with Crippen LogP contribution in [0.1, 0.15) is 35.8 Å². The molecular weight excluding hydrogens is 444 g/mol. The number of carbonyl (C=O) groups excluding carboxylic acids is 1. The lowest BCUT2D eigenvalue weighted by molar-refractivity contribution is -0.144. The predicted molar refractivity (Wildman–Crippen MR) is 120 cm³/mol. The minimum Gasteiger partial charge on any atom is -0.481 e. The van der Waals surface area contributed by atoms with Crippen LogP contribution in [0.3, 0.4) is 0 Å². The molecule has 1 saturated heterocycles. The molecule has 34 heavy (non-hydrogen) atoms. The molecule has 3 heterocycles. The van der Waals surface area contributed by atoms with Crippen molar-refractivity contribution in [2.75, 3.05) is 31.5 Å². The van der Waals surface area contributed by atoms with Crippen molar-refractivity contribution in [1.29, 1.82) is 0 Å². The molecule has 0 radical (unpaired) electrons. The number of amides is 1. The SMILES string of the molecule is Cc1nonc1CN1CCN([C@H](C(=O)O)c2c[nH]c3ccc(NC(=O)CCC(=O)O)cc23)CC1. The van der Waals surface area contributed by atoms with Gasteiger partial charge in [0.05, 0.1) is 6.42 Å². The number of anilines is 1. The number of aromatic nitrogens is 3. The normalized spacial score (nSPS) is 15.9. The van der Waals surface area contributed by atoms with Gasteiger partial charge < -0.3 is 20.5 Å². The van der Waals surface area contributed by atoms with Crippen LogP contribution in [-0.2, 0) is 20.9 Å². The number of aromatic amines is 1. The Balaban J connectivity index is 1.48.